The van der Waals surface area contributed by atoms with Gasteiger partial charge in [-0.3, -0.25) is 0 Å². The lowest BCUT2D eigenvalue weighted by Crippen LogP contribution is -2.13. The highest BCUT2D eigenvalue weighted by atomic mass is 14.3. The summed E-state index contributed by atoms with van der Waals surface area (Å²) in [5.41, 5.74) is 4.63. The normalized spacial score (nSPS) is 29.2. The number of benzene rings is 1. The van der Waals surface area contributed by atoms with Crippen molar-refractivity contribution in [1.29, 1.82) is 0 Å². The van der Waals surface area contributed by atoms with E-state index >= 15 is 0 Å². The Bertz CT molecular complexity index is 485. The van der Waals surface area contributed by atoms with Crippen LogP contribution in [0.4, 0.5) is 0 Å². The molecule has 2 aliphatic rings. The summed E-state index contributed by atoms with van der Waals surface area (Å²) in [6.07, 6.45) is 14.9. The predicted molar refractivity (Wildman–Crippen MR) is 97.0 cm³/mol. The van der Waals surface area contributed by atoms with E-state index in [1.807, 2.05) is 0 Å². The molecule has 0 amide bonds. The van der Waals surface area contributed by atoms with Crippen LogP contribution in [0.1, 0.15) is 88.7 Å². The van der Waals surface area contributed by atoms with Gasteiger partial charge >= 0.3 is 0 Å². The van der Waals surface area contributed by atoms with E-state index in [0.717, 1.165) is 17.8 Å². The Kier molecular flexibility index (Phi) is 5.39. The Balaban J connectivity index is 1.60. The number of hydrogen-bond donors (Lipinski definition) is 0. The summed E-state index contributed by atoms with van der Waals surface area (Å²) >= 11 is 0. The zero-order valence-electron chi connectivity index (χ0n) is 14.5. The highest BCUT2D eigenvalue weighted by Crippen LogP contribution is 2.38. The molecule has 0 N–H and O–H groups in total. The molecule has 0 bridgehead atoms. The van der Waals surface area contributed by atoms with Gasteiger partial charge in [0.1, 0.15) is 0 Å². The molecule has 22 heavy (non-hydrogen) atoms. The van der Waals surface area contributed by atoms with E-state index in [2.05, 4.69) is 44.2 Å². The van der Waals surface area contributed by atoms with Crippen LogP contribution >= 0.6 is 0 Å². The fourth-order valence-corrected chi connectivity index (χ4v) is 4.39. The van der Waals surface area contributed by atoms with Crippen LogP contribution in [0.25, 0.3) is 5.57 Å². The fourth-order valence-electron chi connectivity index (χ4n) is 4.39. The van der Waals surface area contributed by atoms with Crippen LogP contribution in [0.15, 0.2) is 30.3 Å². The summed E-state index contributed by atoms with van der Waals surface area (Å²) in [6.45, 7) is 4.69. The molecule has 1 atom stereocenters. The number of hydrogen-bond acceptors (Lipinski definition) is 0. The molecular formula is C22H32. The van der Waals surface area contributed by atoms with Crippen molar-refractivity contribution in [1.82, 2.24) is 0 Å². The molecule has 1 unspecified atom stereocenters. The van der Waals surface area contributed by atoms with Gasteiger partial charge in [-0.2, -0.15) is 0 Å². The van der Waals surface area contributed by atoms with E-state index < -0.39 is 0 Å². The van der Waals surface area contributed by atoms with Crippen LogP contribution in [-0.2, 0) is 0 Å². The maximum Gasteiger partial charge on any atom is -0.0162 e. The zero-order chi connectivity index (χ0) is 15.4. The van der Waals surface area contributed by atoms with Crippen LogP contribution in [0.5, 0.6) is 0 Å². The molecule has 120 valence electrons. The first-order valence-electron chi connectivity index (χ1n) is 9.55. The molecule has 2 aliphatic carbocycles. The molecular weight excluding hydrogens is 264 g/mol. The maximum absolute atomic E-state index is 2.47. The van der Waals surface area contributed by atoms with Gasteiger partial charge in [-0.15, -0.1) is 0 Å². The third-order valence-corrected chi connectivity index (χ3v) is 5.97. The first-order valence-corrected chi connectivity index (χ1v) is 9.55. The molecule has 0 heterocycles. The first kappa shape index (κ1) is 15.8. The van der Waals surface area contributed by atoms with Crippen molar-refractivity contribution in [2.75, 3.05) is 0 Å². The van der Waals surface area contributed by atoms with Crippen molar-refractivity contribution >= 4 is 5.57 Å². The van der Waals surface area contributed by atoms with Gasteiger partial charge in [0, 0.05) is 0 Å². The van der Waals surface area contributed by atoms with Gasteiger partial charge in [0.25, 0.3) is 0 Å². The van der Waals surface area contributed by atoms with Gasteiger partial charge in [0.15, 0.2) is 0 Å². The highest BCUT2D eigenvalue weighted by molar-refractivity contribution is 5.66. The summed E-state index contributed by atoms with van der Waals surface area (Å²) < 4.78 is 0. The molecule has 0 saturated heterocycles. The molecule has 0 aromatic heterocycles. The van der Waals surface area contributed by atoms with Gasteiger partial charge in [0.2, 0.25) is 0 Å². The Morgan fingerprint density at radius 2 is 1.68 bits per heavy atom. The van der Waals surface area contributed by atoms with Crippen molar-refractivity contribution in [2.45, 2.75) is 77.6 Å². The SMILES string of the molecule is CCC[C@H]1CC[C@H](c2ccc(C3=CCC(C)CC3)cc2)CC1. The molecule has 1 aromatic rings. The van der Waals surface area contributed by atoms with E-state index in [1.54, 1.807) is 11.1 Å². The van der Waals surface area contributed by atoms with E-state index in [4.69, 9.17) is 0 Å². The largest absolute Gasteiger partial charge is 0.0805 e. The lowest BCUT2D eigenvalue weighted by Gasteiger charge is -2.28. The zero-order valence-corrected chi connectivity index (χ0v) is 14.5. The number of allylic oxidation sites excluding steroid dienone is 2. The monoisotopic (exact) mass is 296 g/mol. The minimum Gasteiger partial charge on any atom is -0.0805 e. The van der Waals surface area contributed by atoms with Gasteiger partial charge in [-0.1, -0.05) is 57.0 Å². The molecule has 1 aromatic carbocycles. The van der Waals surface area contributed by atoms with E-state index in [9.17, 15) is 0 Å². The predicted octanol–water partition coefficient (Wildman–Crippen LogP) is 6.96. The second-order valence-electron chi connectivity index (χ2n) is 7.74. The second kappa shape index (κ2) is 7.49. The van der Waals surface area contributed by atoms with E-state index in [0.29, 0.717) is 0 Å². The Morgan fingerprint density at radius 3 is 2.27 bits per heavy atom. The topological polar surface area (TPSA) is 0 Å². The summed E-state index contributed by atoms with van der Waals surface area (Å²) in [6, 6.07) is 9.60. The Hall–Kier alpha value is -1.04. The number of rotatable bonds is 4. The Morgan fingerprint density at radius 1 is 0.955 bits per heavy atom. The van der Waals surface area contributed by atoms with Gasteiger partial charge in [0.05, 0.1) is 0 Å². The third kappa shape index (κ3) is 3.83. The van der Waals surface area contributed by atoms with Crippen LogP contribution in [0.3, 0.4) is 0 Å². The second-order valence-corrected chi connectivity index (χ2v) is 7.74. The molecule has 0 nitrogen and oxygen atoms in total. The average Bonchev–Trinajstić information content (AvgIpc) is 2.57. The van der Waals surface area contributed by atoms with E-state index in [-0.39, 0.29) is 0 Å². The lowest BCUT2D eigenvalue weighted by molar-refractivity contribution is 0.308. The van der Waals surface area contributed by atoms with Gasteiger partial charge in [-0.05, 0) is 79.4 Å². The average molecular weight is 296 g/mol. The molecule has 0 radical (unpaired) electrons. The van der Waals surface area contributed by atoms with E-state index in [1.165, 1.54) is 63.4 Å². The molecule has 3 rings (SSSR count). The smallest absolute Gasteiger partial charge is 0.0162 e. The summed E-state index contributed by atoms with van der Waals surface area (Å²) in [5.74, 6) is 2.71. The van der Waals surface area contributed by atoms with Gasteiger partial charge in [-0.25, -0.2) is 0 Å². The van der Waals surface area contributed by atoms with Crippen LogP contribution in [0, 0.1) is 11.8 Å². The van der Waals surface area contributed by atoms with Crippen molar-refractivity contribution in [2.24, 2.45) is 11.8 Å². The van der Waals surface area contributed by atoms with Crippen LogP contribution < -0.4 is 0 Å². The molecule has 0 spiro atoms. The van der Waals surface area contributed by atoms with Crippen LogP contribution in [-0.4, -0.2) is 0 Å². The third-order valence-electron chi connectivity index (χ3n) is 5.97. The summed E-state index contributed by atoms with van der Waals surface area (Å²) in [7, 11) is 0. The standard InChI is InChI=1S/C22H32/c1-3-4-18-7-11-20(12-8-18)22-15-13-21(14-16-22)19-9-5-17(2)6-10-19/h9,13-18,20H,3-8,10-12H2,1-2H3/t17?,18-,20-. The van der Waals surface area contributed by atoms with Crippen molar-refractivity contribution in [3.8, 4) is 0 Å². The summed E-state index contributed by atoms with van der Waals surface area (Å²) in [4.78, 5) is 0. The van der Waals surface area contributed by atoms with Gasteiger partial charge < -0.3 is 0 Å². The summed E-state index contributed by atoms with van der Waals surface area (Å²) in [5, 5.41) is 0. The lowest BCUT2D eigenvalue weighted by atomic mass is 9.77. The molecule has 1 saturated carbocycles. The first-order chi connectivity index (χ1) is 10.8. The van der Waals surface area contributed by atoms with Crippen molar-refractivity contribution in [3.05, 3.63) is 41.5 Å². The quantitative estimate of drug-likeness (QED) is 0.563. The molecule has 0 aliphatic heterocycles. The fraction of sp³-hybridized carbons (Fsp3) is 0.636. The van der Waals surface area contributed by atoms with Crippen molar-refractivity contribution < 1.29 is 0 Å². The molecule has 0 heteroatoms. The highest BCUT2D eigenvalue weighted by Gasteiger charge is 2.21. The minimum absolute atomic E-state index is 0.822. The Labute approximate surface area is 137 Å². The molecule has 1 fully saturated rings. The minimum atomic E-state index is 0.822. The van der Waals surface area contributed by atoms with Crippen molar-refractivity contribution in [3.63, 3.8) is 0 Å². The maximum atomic E-state index is 2.47. The van der Waals surface area contributed by atoms with Crippen LogP contribution in [0.2, 0.25) is 0 Å².